The summed E-state index contributed by atoms with van der Waals surface area (Å²) in [5.41, 5.74) is -0.418. The number of halogens is 2. The largest absolute Gasteiger partial charge is 0.436 e. The average molecular weight is 303 g/mol. The molecular weight excluding hydrogens is 295 g/mol. The van der Waals surface area contributed by atoms with E-state index >= 15 is 0 Å². The van der Waals surface area contributed by atoms with E-state index in [0.717, 1.165) is 0 Å². The zero-order chi connectivity index (χ0) is 14.0. The molecule has 6 nitrogen and oxygen atoms in total. The lowest BCUT2D eigenvalue weighted by atomic mass is 10.3. The summed E-state index contributed by atoms with van der Waals surface area (Å²) in [6.07, 6.45) is 1.33. The minimum atomic E-state index is -0.490. The molecule has 0 atom stereocenters. The first kappa shape index (κ1) is 13.5. The lowest BCUT2D eigenvalue weighted by Gasteiger charge is -2.09. The summed E-state index contributed by atoms with van der Waals surface area (Å²) in [6.45, 7) is 1.26. The van der Waals surface area contributed by atoms with Gasteiger partial charge in [-0.05, 0) is 0 Å². The van der Waals surface area contributed by atoms with Gasteiger partial charge >= 0.3 is 11.7 Å². The normalized spacial score (nSPS) is 10.3. The SMILES string of the molecule is CC(=O)Oc1cc(Cl)c(Oc2c[nH]c(=O)[nH]2)c(Cl)c1. The van der Waals surface area contributed by atoms with Gasteiger partial charge in [-0.1, -0.05) is 23.2 Å². The highest BCUT2D eigenvalue weighted by molar-refractivity contribution is 6.37. The van der Waals surface area contributed by atoms with Crippen LogP contribution < -0.4 is 15.2 Å². The van der Waals surface area contributed by atoms with E-state index in [2.05, 4.69) is 9.97 Å². The van der Waals surface area contributed by atoms with Gasteiger partial charge in [-0.3, -0.25) is 9.78 Å². The van der Waals surface area contributed by atoms with Crippen LogP contribution in [-0.4, -0.2) is 15.9 Å². The van der Waals surface area contributed by atoms with E-state index in [9.17, 15) is 9.59 Å². The third-order valence-corrected chi connectivity index (χ3v) is 2.58. The second-order valence-electron chi connectivity index (χ2n) is 3.52. The van der Waals surface area contributed by atoms with Crippen LogP contribution in [0, 0.1) is 0 Å². The number of carbonyl (C=O) groups excluding carboxylic acids is 1. The van der Waals surface area contributed by atoms with Gasteiger partial charge in [0, 0.05) is 19.1 Å². The molecule has 2 aromatic rings. The Morgan fingerprint density at radius 3 is 2.37 bits per heavy atom. The molecule has 0 aliphatic carbocycles. The molecule has 0 fully saturated rings. The summed E-state index contributed by atoms with van der Waals surface area (Å²) in [5, 5.41) is 0.289. The summed E-state index contributed by atoms with van der Waals surface area (Å²) in [5.74, 6) is 0.0247. The Bertz CT molecular complexity index is 654. The quantitative estimate of drug-likeness (QED) is 0.674. The van der Waals surface area contributed by atoms with Gasteiger partial charge in [0.2, 0.25) is 5.88 Å². The highest BCUT2D eigenvalue weighted by Crippen LogP contribution is 2.38. The summed E-state index contributed by atoms with van der Waals surface area (Å²) >= 11 is 11.9. The van der Waals surface area contributed by atoms with Crippen molar-refractivity contribution in [3.63, 3.8) is 0 Å². The van der Waals surface area contributed by atoms with Gasteiger partial charge in [-0.2, -0.15) is 0 Å². The van der Waals surface area contributed by atoms with Gasteiger partial charge in [0.25, 0.3) is 0 Å². The van der Waals surface area contributed by atoms with E-state index < -0.39 is 11.7 Å². The fraction of sp³-hybridized carbons (Fsp3) is 0.0909. The molecule has 0 aliphatic heterocycles. The molecule has 0 saturated carbocycles. The number of imidazole rings is 1. The number of nitrogens with one attached hydrogen (secondary N) is 2. The summed E-state index contributed by atoms with van der Waals surface area (Å²) in [6, 6.07) is 2.77. The van der Waals surface area contributed by atoms with Gasteiger partial charge in [-0.15, -0.1) is 0 Å². The number of rotatable bonds is 3. The number of aromatic amines is 2. The molecule has 2 N–H and O–H groups in total. The molecule has 0 saturated heterocycles. The van der Waals surface area contributed by atoms with Crippen molar-refractivity contribution < 1.29 is 14.3 Å². The number of benzene rings is 1. The van der Waals surface area contributed by atoms with E-state index in [1.165, 1.54) is 25.3 Å². The summed E-state index contributed by atoms with van der Waals surface area (Å²) < 4.78 is 10.2. The number of ether oxygens (including phenoxy) is 2. The predicted molar refractivity (Wildman–Crippen MR) is 69.3 cm³/mol. The van der Waals surface area contributed by atoms with Crippen molar-refractivity contribution in [3.05, 3.63) is 38.9 Å². The average Bonchev–Trinajstić information content (AvgIpc) is 2.68. The second kappa shape index (κ2) is 5.38. The minimum Gasteiger partial charge on any atom is -0.436 e. The third kappa shape index (κ3) is 3.30. The second-order valence-corrected chi connectivity index (χ2v) is 4.33. The standard InChI is InChI=1S/C11H8Cl2N2O4/c1-5(16)18-6-2-7(12)10(8(13)3-6)19-9-4-14-11(17)15-9/h2-4H,1H3,(H2,14,15,17). The molecule has 19 heavy (non-hydrogen) atoms. The fourth-order valence-corrected chi connectivity index (χ4v) is 1.88. The molecule has 2 rings (SSSR count). The Labute approximate surface area is 117 Å². The molecule has 1 aromatic carbocycles. The molecule has 0 unspecified atom stereocenters. The van der Waals surface area contributed by atoms with Crippen molar-refractivity contribution in [2.24, 2.45) is 0 Å². The Morgan fingerprint density at radius 2 is 1.89 bits per heavy atom. The number of aromatic nitrogens is 2. The molecule has 1 heterocycles. The maximum Gasteiger partial charge on any atom is 0.325 e. The molecule has 0 bridgehead atoms. The maximum absolute atomic E-state index is 10.9. The van der Waals surface area contributed by atoms with Crippen LogP contribution in [0.5, 0.6) is 17.4 Å². The van der Waals surface area contributed by atoms with Gasteiger partial charge in [0.1, 0.15) is 5.75 Å². The van der Waals surface area contributed by atoms with E-state index in [0.29, 0.717) is 0 Å². The Morgan fingerprint density at radius 1 is 1.26 bits per heavy atom. The van der Waals surface area contributed by atoms with Crippen LogP contribution in [0.1, 0.15) is 6.92 Å². The number of H-pyrrole nitrogens is 2. The van der Waals surface area contributed by atoms with Gasteiger partial charge < -0.3 is 14.5 Å². The van der Waals surface area contributed by atoms with Crippen LogP contribution in [0.2, 0.25) is 10.0 Å². The van der Waals surface area contributed by atoms with Crippen molar-refractivity contribution in [1.29, 1.82) is 0 Å². The van der Waals surface area contributed by atoms with Crippen LogP contribution in [-0.2, 0) is 4.79 Å². The van der Waals surface area contributed by atoms with Crippen molar-refractivity contribution in [1.82, 2.24) is 9.97 Å². The molecule has 0 radical (unpaired) electrons. The zero-order valence-electron chi connectivity index (χ0n) is 9.62. The molecule has 100 valence electrons. The van der Waals surface area contributed by atoms with Crippen LogP contribution in [0.4, 0.5) is 0 Å². The van der Waals surface area contributed by atoms with Crippen molar-refractivity contribution >= 4 is 29.2 Å². The molecular formula is C11H8Cl2N2O4. The zero-order valence-corrected chi connectivity index (χ0v) is 11.1. The summed E-state index contributed by atoms with van der Waals surface area (Å²) in [4.78, 5) is 26.5. The Balaban J connectivity index is 2.31. The monoisotopic (exact) mass is 302 g/mol. The van der Waals surface area contributed by atoms with Crippen LogP contribution in [0.3, 0.4) is 0 Å². The molecule has 0 amide bonds. The van der Waals surface area contributed by atoms with E-state index in [-0.39, 0.29) is 27.4 Å². The van der Waals surface area contributed by atoms with E-state index in [1.54, 1.807) is 0 Å². The number of esters is 1. The number of hydrogen-bond acceptors (Lipinski definition) is 4. The highest BCUT2D eigenvalue weighted by atomic mass is 35.5. The molecule has 8 heteroatoms. The van der Waals surface area contributed by atoms with Gasteiger partial charge in [0.05, 0.1) is 16.2 Å². The first-order valence-electron chi connectivity index (χ1n) is 5.08. The molecule has 0 spiro atoms. The Hall–Kier alpha value is -1.92. The van der Waals surface area contributed by atoms with Gasteiger partial charge in [0.15, 0.2) is 5.75 Å². The molecule has 1 aromatic heterocycles. The van der Waals surface area contributed by atoms with Crippen LogP contribution in [0.15, 0.2) is 23.1 Å². The van der Waals surface area contributed by atoms with E-state index in [4.69, 9.17) is 32.7 Å². The fourth-order valence-electron chi connectivity index (χ4n) is 1.34. The minimum absolute atomic E-state index is 0.144. The summed E-state index contributed by atoms with van der Waals surface area (Å²) in [7, 11) is 0. The van der Waals surface area contributed by atoms with Crippen LogP contribution >= 0.6 is 23.2 Å². The van der Waals surface area contributed by atoms with Crippen molar-refractivity contribution in [3.8, 4) is 17.4 Å². The van der Waals surface area contributed by atoms with Crippen molar-refractivity contribution in [2.75, 3.05) is 0 Å². The Kier molecular flexibility index (Phi) is 3.82. The predicted octanol–water partition coefficient (Wildman–Crippen LogP) is 2.73. The van der Waals surface area contributed by atoms with Crippen molar-refractivity contribution in [2.45, 2.75) is 6.92 Å². The number of hydrogen-bond donors (Lipinski definition) is 2. The topological polar surface area (TPSA) is 84.2 Å². The lowest BCUT2D eigenvalue weighted by molar-refractivity contribution is -0.131. The molecule has 0 aliphatic rings. The lowest BCUT2D eigenvalue weighted by Crippen LogP contribution is -2.02. The third-order valence-electron chi connectivity index (χ3n) is 2.02. The first-order valence-corrected chi connectivity index (χ1v) is 5.84. The first-order chi connectivity index (χ1) is 8.95. The van der Waals surface area contributed by atoms with E-state index in [1.807, 2.05) is 0 Å². The smallest absolute Gasteiger partial charge is 0.325 e. The maximum atomic E-state index is 10.9. The highest BCUT2D eigenvalue weighted by Gasteiger charge is 2.13. The van der Waals surface area contributed by atoms with Crippen LogP contribution in [0.25, 0.3) is 0 Å². The van der Waals surface area contributed by atoms with Gasteiger partial charge in [-0.25, -0.2) is 4.79 Å². The number of carbonyl (C=O) groups is 1.